The van der Waals surface area contributed by atoms with Crippen LogP contribution in [-0.4, -0.2) is 55.0 Å². The van der Waals surface area contributed by atoms with Gasteiger partial charge in [-0.1, -0.05) is 18.2 Å². The van der Waals surface area contributed by atoms with Crippen molar-refractivity contribution in [2.45, 2.75) is 17.7 Å². The highest BCUT2D eigenvalue weighted by Gasteiger charge is 2.16. The Kier molecular flexibility index (Phi) is 7.93. The average molecular weight is 520 g/mol. The Morgan fingerprint density at radius 3 is 2.72 bits per heavy atom. The predicted octanol–water partition coefficient (Wildman–Crippen LogP) is 3.06. The second-order valence-electron chi connectivity index (χ2n) is 7.58. The maximum atomic E-state index is 12.5. The normalized spacial score (nSPS) is 12.6. The number of ether oxygens (including phenoxy) is 2. The number of aromatic nitrogens is 3. The summed E-state index contributed by atoms with van der Waals surface area (Å²) in [4.78, 5) is 3.85. The number of hydrogen-bond acceptors (Lipinski definition) is 8. The molecule has 0 aliphatic heterocycles. The topological polar surface area (TPSA) is 138 Å². The molecule has 36 heavy (non-hydrogen) atoms. The van der Waals surface area contributed by atoms with Crippen molar-refractivity contribution in [1.82, 2.24) is 20.5 Å². The van der Waals surface area contributed by atoms with Gasteiger partial charge in [0.25, 0.3) is 10.0 Å². The van der Waals surface area contributed by atoms with Crippen LogP contribution in [0.2, 0.25) is 0 Å². The number of rotatable bonds is 12. The van der Waals surface area contributed by atoms with Crippen LogP contribution in [0.25, 0.3) is 10.9 Å². The van der Waals surface area contributed by atoms with E-state index in [0.29, 0.717) is 34.4 Å². The number of aliphatic hydroxyl groups excluding tert-OH is 1. The van der Waals surface area contributed by atoms with Gasteiger partial charge in [0.15, 0.2) is 5.03 Å². The van der Waals surface area contributed by atoms with E-state index in [1.165, 1.54) is 12.3 Å². The molecule has 2 aromatic carbocycles. The van der Waals surface area contributed by atoms with Gasteiger partial charge in [-0.25, -0.2) is 4.98 Å². The summed E-state index contributed by atoms with van der Waals surface area (Å²) >= 11 is 0. The van der Waals surface area contributed by atoms with E-state index in [-0.39, 0.29) is 24.1 Å². The van der Waals surface area contributed by atoms with Gasteiger partial charge >= 0.3 is 6.61 Å². The average Bonchev–Trinajstić information content (AvgIpc) is 3.25. The fourth-order valence-electron chi connectivity index (χ4n) is 3.36. The number of benzene rings is 2. The van der Waals surface area contributed by atoms with Crippen LogP contribution in [0.3, 0.4) is 0 Å². The molecule has 1 atom stereocenters. The predicted molar refractivity (Wildman–Crippen MR) is 128 cm³/mol. The summed E-state index contributed by atoms with van der Waals surface area (Å²) in [5, 5.41) is 20.2. The number of aliphatic hydroxyl groups is 1. The molecule has 0 saturated heterocycles. The molecule has 4 rings (SSSR count). The van der Waals surface area contributed by atoms with Crippen molar-refractivity contribution in [2.24, 2.45) is 0 Å². The molecular formula is C23H23F2N5O5S. The minimum absolute atomic E-state index is 0.105. The van der Waals surface area contributed by atoms with Gasteiger partial charge in [-0.15, -0.1) is 5.10 Å². The summed E-state index contributed by atoms with van der Waals surface area (Å²) in [5.41, 5.74) is 1.32. The third-order valence-corrected chi connectivity index (χ3v) is 6.32. The van der Waals surface area contributed by atoms with Gasteiger partial charge in [0, 0.05) is 31.0 Å². The number of halogens is 2. The minimum atomic E-state index is -3.85. The first-order valence-electron chi connectivity index (χ1n) is 10.8. The molecule has 0 fully saturated rings. The number of pyridine rings is 1. The van der Waals surface area contributed by atoms with Crippen LogP contribution in [-0.2, 0) is 10.0 Å². The molecule has 0 aliphatic carbocycles. The Bertz CT molecular complexity index is 1400. The van der Waals surface area contributed by atoms with E-state index in [0.717, 1.165) is 0 Å². The maximum absolute atomic E-state index is 12.5. The molecule has 190 valence electrons. The Labute approximate surface area is 205 Å². The SMILES string of the molecule is O=S(=O)(Nc1cccc([C@@H](O)CNCCOc2ccc3c(OC(F)F)n[nH]c3c2)c1)c1ccccn1. The monoisotopic (exact) mass is 519 g/mol. The van der Waals surface area contributed by atoms with Gasteiger partial charge in [-0.3, -0.25) is 9.82 Å². The molecule has 10 nitrogen and oxygen atoms in total. The Morgan fingerprint density at radius 1 is 1.08 bits per heavy atom. The summed E-state index contributed by atoms with van der Waals surface area (Å²) in [6.07, 6.45) is 0.500. The standard InChI is InChI=1S/C23H23F2N5O5S/c24-23(25)35-22-18-8-7-17(13-19(18)28-29-22)34-11-10-26-14-20(31)15-4-3-5-16(12-15)30-36(32,33)21-6-1-2-9-27-21/h1-9,12-13,20,23,26,30-31H,10-11,14H2,(H,28,29)/t20-/m0/s1. The number of sulfonamides is 1. The van der Waals surface area contributed by atoms with Gasteiger partial charge in [-0.2, -0.15) is 17.2 Å². The van der Waals surface area contributed by atoms with E-state index in [4.69, 9.17) is 4.74 Å². The zero-order valence-electron chi connectivity index (χ0n) is 18.8. The van der Waals surface area contributed by atoms with E-state index < -0.39 is 22.7 Å². The zero-order valence-corrected chi connectivity index (χ0v) is 19.6. The number of nitrogens with zero attached hydrogens (tertiary/aromatic N) is 2. The van der Waals surface area contributed by atoms with Gasteiger partial charge in [-0.05, 0) is 42.0 Å². The molecule has 0 saturated carbocycles. The molecule has 2 heterocycles. The molecule has 0 bridgehead atoms. The first-order valence-corrected chi connectivity index (χ1v) is 12.3. The zero-order chi connectivity index (χ0) is 25.5. The highest BCUT2D eigenvalue weighted by atomic mass is 32.2. The largest absolute Gasteiger partial charge is 0.492 e. The van der Waals surface area contributed by atoms with Crippen LogP contribution in [0.5, 0.6) is 11.6 Å². The summed E-state index contributed by atoms with van der Waals surface area (Å²) < 4.78 is 62.2. The smallest absolute Gasteiger partial charge is 0.388 e. The second kappa shape index (κ2) is 11.3. The van der Waals surface area contributed by atoms with Crippen molar-refractivity contribution in [3.63, 3.8) is 0 Å². The van der Waals surface area contributed by atoms with Crippen LogP contribution < -0.4 is 19.5 Å². The Hall–Kier alpha value is -3.81. The number of aromatic amines is 1. The number of fused-ring (bicyclic) bond motifs is 1. The van der Waals surface area contributed by atoms with Crippen molar-refractivity contribution < 1.29 is 31.8 Å². The number of anilines is 1. The highest BCUT2D eigenvalue weighted by Crippen LogP contribution is 2.27. The molecule has 0 aliphatic rings. The highest BCUT2D eigenvalue weighted by molar-refractivity contribution is 7.92. The molecule has 13 heteroatoms. The summed E-state index contributed by atoms with van der Waals surface area (Å²) in [7, 11) is -3.85. The van der Waals surface area contributed by atoms with Gasteiger partial charge in [0.2, 0.25) is 5.88 Å². The lowest BCUT2D eigenvalue weighted by Crippen LogP contribution is -2.26. The van der Waals surface area contributed by atoms with Gasteiger partial charge < -0.3 is 19.9 Å². The molecule has 0 radical (unpaired) electrons. The van der Waals surface area contributed by atoms with Crippen LogP contribution in [0.1, 0.15) is 11.7 Å². The van der Waals surface area contributed by atoms with Crippen molar-refractivity contribution in [3.8, 4) is 11.6 Å². The molecule has 0 spiro atoms. The van der Waals surface area contributed by atoms with Crippen molar-refractivity contribution in [1.29, 1.82) is 0 Å². The van der Waals surface area contributed by atoms with Gasteiger partial charge in [0.1, 0.15) is 12.4 Å². The first kappa shape index (κ1) is 25.3. The van der Waals surface area contributed by atoms with Crippen molar-refractivity contribution in [2.75, 3.05) is 24.4 Å². The second-order valence-corrected chi connectivity index (χ2v) is 9.21. The van der Waals surface area contributed by atoms with E-state index in [2.05, 4.69) is 30.0 Å². The molecule has 4 N–H and O–H groups in total. The molecular weight excluding hydrogens is 496 g/mol. The fourth-order valence-corrected chi connectivity index (χ4v) is 4.36. The lowest BCUT2D eigenvalue weighted by Gasteiger charge is -2.14. The lowest BCUT2D eigenvalue weighted by molar-refractivity contribution is -0.0518. The summed E-state index contributed by atoms with van der Waals surface area (Å²) in [6, 6.07) is 15.8. The third kappa shape index (κ3) is 6.44. The number of alkyl halides is 2. The quantitative estimate of drug-likeness (QED) is 0.210. The summed E-state index contributed by atoms with van der Waals surface area (Å²) in [5.74, 6) is 0.320. The van der Waals surface area contributed by atoms with E-state index in [1.807, 2.05) is 0 Å². The maximum Gasteiger partial charge on any atom is 0.388 e. The van der Waals surface area contributed by atoms with Crippen LogP contribution in [0.15, 0.2) is 71.9 Å². The Morgan fingerprint density at radius 2 is 1.94 bits per heavy atom. The van der Waals surface area contributed by atoms with Gasteiger partial charge in [0.05, 0.1) is 17.0 Å². The fraction of sp³-hybridized carbons (Fsp3) is 0.217. The van der Waals surface area contributed by atoms with Crippen LogP contribution in [0, 0.1) is 0 Å². The van der Waals surface area contributed by atoms with Crippen LogP contribution >= 0.6 is 0 Å². The molecule has 0 unspecified atom stereocenters. The van der Waals surface area contributed by atoms with E-state index in [1.54, 1.807) is 54.6 Å². The lowest BCUT2D eigenvalue weighted by atomic mass is 10.1. The summed E-state index contributed by atoms with van der Waals surface area (Å²) in [6.45, 7) is -2.08. The first-order chi connectivity index (χ1) is 17.3. The number of hydrogen-bond donors (Lipinski definition) is 4. The number of H-pyrrole nitrogens is 1. The van der Waals surface area contributed by atoms with E-state index in [9.17, 15) is 22.3 Å². The van der Waals surface area contributed by atoms with Crippen molar-refractivity contribution >= 4 is 26.6 Å². The third-order valence-electron chi connectivity index (χ3n) is 5.02. The molecule has 0 amide bonds. The Balaban J connectivity index is 1.25. The minimum Gasteiger partial charge on any atom is -0.492 e. The van der Waals surface area contributed by atoms with Crippen molar-refractivity contribution in [3.05, 3.63) is 72.4 Å². The number of nitrogens with one attached hydrogen (secondary N) is 3. The van der Waals surface area contributed by atoms with E-state index >= 15 is 0 Å². The molecule has 4 aromatic rings. The molecule has 2 aromatic heterocycles. The van der Waals surface area contributed by atoms with Crippen LogP contribution in [0.4, 0.5) is 14.5 Å².